The topological polar surface area (TPSA) is 58.1 Å². The normalized spacial score (nSPS) is 28.8. The Kier molecular flexibility index (Phi) is 2.23. The van der Waals surface area contributed by atoms with Gasteiger partial charge in [0.25, 0.3) is 0 Å². The zero-order chi connectivity index (χ0) is 11.0. The van der Waals surface area contributed by atoms with E-state index in [2.05, 4.69) is 20.2 Å². The molecule has 1 aromatic heterocycles. The van der Waals surface area contributed by atoms with Gasteiger partial charge in [-0.25, -0.2) is 9.97 Å². The summed E-state index contributed by atoms with van der Waals surface area (Å²) in [6.07, 6.45) is 6.04. The molecule has 3 rings (SSSR count). The SMILES string of the molecule is O=C1CC[C@@H]2[C@H](CCN2c2ncccn2)N1. The van der Waals surface area contributed by atoms with Gasteiger partial charge in [-0.2, -0.15) is 0 Å². The van der Waals surface area contributed by atoms with Crippen molar-refractivity contribution in [3.05, 3.63) is 18.5 Å². The van der Waals surface area contributed by atoms with Crippen molar-refractivity contribution in [1.82, 2.24) is 15.3 Å². The molecule has 0 unspecified atom stereocenters. The summed E-state index contributed by atoms with van der Waals surface area (Å²) < 4.78 is 0. The smallest absolute Gasteiger partial charge is 0.225 e. The van der Waals surface area contributed by atoms with E-state index in [9.17, 15) is 4.79 Å². The Balaban J connectivity index is 1.82. The summed E-state index contributed by atoms with van der Waals surface area (Å²) in [6.45, 7) is 0.930. The number of piperidine rings is 1. The van der Waals surface area contributed by atoms with Crippen LogP contribution in [0.25, 0.3) is 0 Å². The third-order valence-corrected chi connectivity index (χ3v) is 3.37. The molecule has 2 aliphatic rings. The minimum atomic E-state index is 0.178. The first-order valence-electron chi connectivity index (χ1n) is 5.67. The lowest BCUT2D eigenvalue weighted by Crippen LogP contribution is -2.49. The van der Waals surface area contributed by atoms with Gasteiger partial charge in [0.2, 0.25) is 11.9 Å². The molecule has 0 saturated carbocycles. The van der Waals surface area contributed by atoms with E-state index >= 15 is 0 Å². The third kappa shape index (κ3) is 1.52. The summed E-state index contributed by atoms with van der Waals surface area (Å²) in [7, 11) is 0. The zero-order valence-electron chi connectivity index (χ0n) is 8.97. The van der Waals surface area contributed by atoms with Crippen molar-refractivity contribution in [2.24, 2.45) is 0 Å². The minimum absolute atomic E-state index is 0.178. The minimum Gasteiger partial charge on any atom is -0.351 e. The molecule has 0 spiro atoms. The first-order valence-corrected chi connectivity index (χ1v) is 5.67. The molecule has 0 aromatic carbocycles. The number of carbonyl (C=O) groups is 1. The first-order chi connectivity index (χ1) is 7.84. The van der Waals surface area contributed by atoms with Gasteiger partial charge >= 0.3 is 0 Å². The monoisotopic (exact) mass is 218 g/mol. The second-order valence-electron chi connectivity index (χ2n) is 4.31. The van der Waals surface area contributed by atoms with Crippen molar-refractivity contribution < 1.29 is 4.79 Å². The number of aromatic nitrogens is 2. The Labute approximate surface area is 93.9 Å². The van der Waals surface area contributed by atoms with E-state index in [1.165, 1.54) is 0 Å². The number of hydrogen-bond acceptors (Lipinski definition) is 4. The lowest BCUT2D eigenvalue weighted by molar-refractivity contribution is -0.123. The molecule has 1 N–H and O–H groups in total. The maximum atomic E-state index is 11.3. The number of hydrogen-bond donors (Lipinski definition) is 1. The van der Waals surface area contributed by atoms with Gasteiger partial charge in [0.15, 0.2) is 0 Å². The Bertz CT molecular complexity index is 394. The molecular weight excluding hydrogens is 204 g/mol. The number of fused-ring (bicyclic) bond motifs is 1. The Morgan fingerprint density at radius 2 is 2.12 bits per heavy atom. The number of nitrogens with one attached hydrogen (secondary N) is 1. The van der Waals surface area contributed by atoms with Crippen LogP contribution in [0.2, 0.25) is 0 Å². The average molecular weight is 218 g/mol. The fourth-order valence-corrected chi connectivity index (χ4v) is 2.62. The van der Waals surface area contributed by atoms with E-state index in [1.807, 2.05) is 6.07 Å². The lowest BCUT2D eigenvalue weighted by Gasteiger charge is -2.31. The highest BCUT2D eigenvalue weighted by Crippen LogP contribution is 2.28. The van der Waals surface area contributed by atoms with Crippen LogP contribution in [0, 0.1) is 0 Å². The highest BCUT2D eigenvalue weighted by molar-refractivity contribution is 5.77. The van der Waals surface area contributed by atoms with Crippen molar-refractivity contribution >= 4 is 11.9 Å². The van der Waals surface area contributed by atoms with Crippen molar-refractivity contribution in [2.45, 2.75) is 31.3 Å². The van der Waals surface area contributed by atoms with Gasteiger partial charge in [-0.15, -0.1) is 0 Å². The maximum absolute atomic E-state index is 11.3. The van der Waals surface area contributed by atoms with Gasteiger partial charge in [-0.05, 0) is 18.9 Å². The summed E-state index contributed by atoms with van der Waals surface area (Å²) in [5.41, 5.74) is 0. The van der Waals surface area contributed by atoms with Crippen LogP contribution >= 0.6 is 0 Å². The van der Waals surface area contributed by atoms with E-state index in [0.717, 1.165) is 25.3 Å². The molecule has 0 radical (unpaired) electrons. The molecule has 1 amide bonds. The second kappa shape index (κ2) is 3.73. The number of carbonyl (C=O) groups excluding carboxylic acids is 1. The Morgan fingerprint density at radius 3 is 2.94 bits per heavy atom. The van der Waals surface area contributed by atoms with Crippen molar-refractivity contribution in [2.75, 3.05) is 11.4 Å². The van der Waals surface area contributed by atoms with Gasteiger partial charge in [0.05, 0.1) is 12.1 Å². The molecule has 5 nitrogen and oxygen atoms in total. The van der Waals surface area contributed by atoms with Crippen LogP contribution in [0.3, 0.4) is 0 Å². The van der Waals surface area contributed by atoms with Crippen LogP contribution < -0.4 is 10.2 Å². The van der Waals surface area contributed by atoms with Crippen LogP contribution in [-0.2, 0) is 4.79 Å². The fourth-order valence-electron chi connectivity index (χ4n) is 2.62. The van der Waals surface area contributed by atoms with Crippen LogP contribution in [0.5, 0.6) is 0 Å². The van der Waals surface area contributed by atoms with Crippen molar-refractivity contribution in [1.29, 1.82) is 0 Å². The molecule has 5 heteroatoms. The van der Waals surface area contributed by atoms with E-state index in [1.54, 1.807) is 12.4 Å². The van der Waals surface area contributed by atoms with Gasteiger partial charge in [0, 0.05) is 25.4 Å². The van der Waals surface area contributed by atoms with E-state index in [4.69, 9.17) is 0 Å². The predicted molar refractivity (Wildman–Crippen MR) is 58.9 cm³/mol. The quantitative estimate of drug-likeness (QED) is 0.738. The number of rotatable bonds is 1. The lowest BCUT2D eigenvalue weighted by atomic mass is 9.99. The summed E-state index contributed by atoms with van der Waals surface area (Å²) in [4.78, 5) is 22.0. The molecule has 2 fully saturated rings. The molecule has 0 aliphatic carbocycles. The predicted octanol–water partition coefficient (Wildman–Crippen LogP) is 0.334. The standard InChI is InChI=1S/C11H14N4O/c16-10-3-2-9-8(14-10)4-7-15(9)11-12-5-1-6-13-11/h1,5-6,8-9H,2-4,7H2,(H,14,16)/t8-,9+/m0/s1. The van der Waals surface area contributed by atoms with Crippen LogP contribution in [0.15, 0.2) is 18.5 Å². The molecule has 3 heterocycles. The van der Waals surface area contributed by atoms with Crippen LogP contribution in [0.1, 0.15) is 19.3 Å². The Hall–Kier alpha value is -1.65. The van der Waals surface area contributed by atoms with Gasteiger partial charge in [-0.3, -0.25) is 4.79 Å². The van der Waals surface area contributed by atoms with Gasteiger partial charge in [0.1, 0.15) is 0 Å². The highest BCUT2D eigenvalue weighted by Gasteiger charge is 2.39. The van der Waals surface area contributed by atoms with Crippen LogP contribution in [-0.4, -0.2) is 34.5 Å². The largest absolute Gasteiger partial charge is 0.351 e. The Morgan fingerprint density at radius 1 is 1.31 bits per heavy atom. The average Bonchev–Trinajstić information content (AvgIpc) is 2.73. The summed E-state index contributed by atoms with van der Waals surface area (Å²) in [5.74, 6) is 0.961. The first kappa shape index (κ1) is 9.57. The fraction of sp³-hybridized carbons (Fsp3) is 0.545. The zero-order valence-corrected chi connectivity index (χ0v) is 8.97. The molecule has 1 aromatic rings. The highest BCUT2D eigenvalue weighted by atomic mass is 16.1. The number of nitrogens with zero attached hydrogens (tertiary/aromatic N) is 3. The summed E-state index contributed by atoms with van der Waals surface area (Å²) >= 11 is 0. The molecular formula is C11H14N4O. The van der Waals surface area contributed by atoms with Crippen molar-refractivity contribution in [3.63, 3.8) is 0 Å². The molecule has 2 aliphatic heterocycles. The van der Waals surface area contributed by atoms with Crippen LogP contribution in [0.4, 0.5) is 5.95 Å². The molecule has 2 atom stereocenters. The van der Waals surface area contributed by atoms with Gasteiger partial charge in [-0.1, -0.05) is 0 Å². The van der Waals surface area contributed by atoms with E-state index in [0.29, 0.717) is 12.5 Å². The van der Waals surface area contributed by atoms with Gasteiger partial charge < -0.3 is 10.2 Å². The number of amides is 1. The molecule has 0 bridgehead atoms. The summed E-state index contributed by atoms with van der Waals surface area (Å²) in [6, 6.07) is 2.48. The third-order valence-electron chi connectivity index (χ3n) is 3.37. The molecule has 2 saturated heterocycles. The maximum Gasteiger partial charge on any atom is 0.225 e. The molecule has 16 heavy (non-hydrogen) atoms. The summed E-state index contributed by atoms with van der Waals surface area (Å²) in [5, 5.41) is 3.04. The van der Waals surface area contributed by atoms with E-state index in [-0.39, 0.29) is 11.9 Å². The molecule has 84 valence electrons. The second-order valence-corrected chi connectivity index (χ2v) is 4.31. The number of anilines is 1. The van der Waals surface area contributed by atoms with E-state index < -0.39 is 0 Å². The van der Waals surface area contributed by atoms with Crippen molar-refractivity contribution in [3.8, 4) is 0 Å².